The van der Waals surface area contributed by atoms with E-state index in [0.29, 0.717) is 18.0 Å². The fraction of sp³-hybridized carbons (Fsp3) is 0.471. The van der Waals surface area contributed by atoms with Crippen LogP contribution in [0.3, 0.4) is 0 Å². The van der Waals surface area contributed by atoms with Crippen molar-refractivity contribution in [2.45, 2.75) is 38.4 Å². The van der Waals surface area contributed by atoms with Gasteiger partial charge in [0.25, 0.3) is 5.91 Å². The zero-order chi connectivity index (χ0) is 17.5. The Kier molecular flexibility index (Phi) is 7.30. The predicted molar refractivity (Wildman–Crippen MR) is 101 cm³/mol. The molecule has 1 aromatic carbocycles. The Labute approximate surface area is 155 Å². The van der Waals surface area contributed by atoms with E-state index < -0.39 is 0 Å². The molecule has 1 aromatic heterocycles. The lowest BCUT2D eigenvalue weighted by Gasteiger charge is -2.11. The number of rotatable bonds is 8. The summed E-state index contributed by atoms with van der Waals surface area (Å²) < 4.78 is 3.09. The SMILES string of the molecule is CSc1nnc(CCCNC(=O)c2cccc(Br)c2)n1CC(C)C. The highest BCUT2D eigenvalue weighted by molar-refractivity contribution is 9.10. The minimum atomic E-state index is -0.0512. The molecule has 0 fully saturated rings. The van der Waals surface area contributed by atoms with Crippen LogP contribution < -0.4 is 5.32 Å². The van der Waals surface area contributed by atoms with Gasteiger partial charge in [-0.3, -0.25) is 4.79 Å². The van der Waals surface area contributed by atoms with Crippen LogP contribution >= 0.6 is 27.7 Å². The van der Waals surface area contributed by atoms with Gasteiger partial charge < -0.3 is 9.88 Å². The van der Waals surface area contributed by atoms with Crippen LogP contribution in [0, 0.1) is 5.92 Å². The standard InChI is InChI=1S/C17H23BrN4OS/c1-12(2)11-22-15(20-21-17(22)24-3)8-5-9-19-16(23)13-6-4-7-14(18)10-13/h4,6-7,10,12H,5,8-9,11H2,1-3H3,(H,19,23). The summed E-state index contributed by atoms with van der Waals surface area (Å²) in [5.41, 5.74) is 0.664. The number of benzene rings is 1. The molecule has 0 atom stereocenters. The van der Waals surface area contributed by atoms with E-state index in [0.717, 1.165) is 34.8 Å². The Hall–Kier alpha value is -1.34. The Balaban J connectivity index is 1.86. The monoisotopic (exact) mass is 410 g/mol. The third kappa shape index (κ3) is 5.34. The number of thioether (sulfide) groups is 1. The highest BCUT2D eigenvalue weighted by Gasteiger charge is 2.12. The van der Waals surface area contributed by atoms with Gasteiger partial charge in [-0.15, -0.1) is 10.2 Å². The number of halogens is 1. The number of nitrogens with one attached hydrogen (secondary N) is 1. The van der Waals surface area contributed by atoms with E-state index in [1.165, 1.54) is 0 Å². The summed E-state index contributed by atoms with van der Waals surface area (Å²) in [4.78, 5) is 12.1. The first kappa shape index (κ1) is 19.0. The van der Waals surface area contributed by atoms with Crippen molar-refractivity contribution in [3.8, 4) is 0 Å². The maximum atomic E-state index is 12.1. The van der Waals surface area contributed by atoms with Gasteiger partial charge in [-0.1, -0.05) is 47.6 Å². The third-order valence-electron chi connectivity index (χ3n) is 3.47. The van der Waals surface area contributed by atoms with E-state index in [4.69, 9.17) is 0 Å². The number of aromatic nitrogens is 3. The van der Waals surface area contributed by atoms with Crippen LogP contribution in [0.2, 0.25) is 0 Å². The minimum absolute atomic E-state index is 0.0512. The van der Waals surface area contributed by atoms with Crippen molar-refractivity contribution in [3.05, 3.63) is 40.1 Å². The second-order valence-electron chi connectivity index (χ2n) is 5.98. The Bertz CT molecular complexity index is 687. The molecule has 24 heavy (non-hydrogen) atoms. The normalized spacial score (nSPS) is 11.0. The number of aryl methyl sites for hydroxylation is 1. The number of hydrogen-bond donors (Lipinski definition) is 1. The van der Waals surface area contributed by atoms with Crippen molar-refractivity contribution in [2.24, 2.45) is 5.92 Å². The van der Waals surface area contributed by atoms with Gasteiger partial charge in [0.15, 0.2) is 5.16 Å². The summed E-state index contributed by atoms with van der Waals surface area (Å²) in [5, 5.41) is 12.5. The average Bonchev–Trinajstić information content (AvgIpc) is 2.92. The zero-order valence-corrected chi connectivity index (χ0v) is 16.7. The zero-order valence-electron chi connectivity index (χ0n) is 14.3. The van der Waals surface area contributed by atoms with Gasteiger partial charge in [-0.05, 0) is 36.8 Å². The molecule has 7 heteroatoms. The molecule has 0 aliphatic heterocycles. The minimum Gasteiger partial charge on any atom is -0.352 e. The second kappa shape index (κ2) is 9.22. The first-order valence-electron chi connectivity index (χ1n) is 8.01. The summed E-state index contributed by atoms with van der Waals surface area (Å²) in [6, 6.07) is 7.39. The molecule has 5 nitrogen and oxygen atoms in total. The highest BCUT2D eigenvalue weighted by atomic mass is 79.9. The van der Waals surface area contributed by atoms with E-state index in [1.807, 2.05) is 30.5 Å². The molecule has 0 aliphatic rings. The number of nitrogens with zero attached hydrogens (tertiary/aromatic N) is 3. The van der Waals surface area contributed by atoms with Gasteiger partial charge in [-0.25, -0.2) is 0 Å². The van der Waals surface area contributed by atoms with Gasteiger partial charge in [-0.2, -0.15) is 0 Å². The topological polar surface area (TPSA) is 59.8 Å². The molecule has 1 amide bonds. The molecule has 0 saturated heterocycles. The van der Waals surface area contributed by atoms with E-state index in [9.17, 15) is 4.79 Å². The maximum absolute atomic E-state index is 12.1. The Morgan fingerprint density at radius 3 is 2.83 bits per heavy atom. The molecule has 130 valence electrons. The van der Waals surface area contributed by atoms with E-state index in [-0.39, 0.29) is 5.91 Å². The van der Waals surface area contributed by atoms with Gasteiger partial charge in [0.05, 0.1) is 0 Å². The number of carbonyl (C=O) groups is 1. The molecule has 0 saturated carbocycles. The van der Waals surface area contributed by atoms with Crippen LogP contribution in [0.1, 0.15) is 36.5 Å². The van der Waals surface area contributed by atoms with Crippen molar-refractivity contribution in [2.75, 3.05) is 12.8 Å². The molecule has 2 aromatic rings. The lowest BCUT2D eigenvalue weighted by Crippen LogP contribution is -2.25. The van der Waals surface area contributed by atoms with Crippen LogP contribution in [-0.2, 0) is 13.0 Å². The lowest BCUT2D eigenvalue weighted by molar-refractivity contribution is 0.0953. The van der Waals surface area contributed by atoms with Gasteiger partial charge in [0, 0.05) is 29.5 Å². The fourth-order valence-corrected chi connectivity index (χ4v) is 3.31. The van der Waals surface area contributed by atoms with Crippen molar-refractivity contribution in [3.63, 3.8) is 0 Å². The maximum Gasteiger partial charge on any atom is 0.251 e. The van der Waals surface area contributed by atoms with Crippen molar-refractivity contribution >= 4 is 33.6 Å². The predicted octanol–water partition coefficient (Wildman–Crippen LogP) is 3.78. The van der Waals surface area contributed by atoms with Crippen molar-refractivity contribution in [1.29, 1.82) is 0 Å². The number of carbonyl (C=O) groups excluding carboxylic acids is 1. The first-order chi connectivity index (χ1) is 11.5. The van der Waals surface area contributed by atoms with Crippen molar-refractivity contribution < 1.29 is 4.79 Å². The molecule has 1 N–H and O–H groups in total. The number of hydrogen-bond acceptors (Lipinski definition) is 4. The van der Waals surface area contributed by atoms with Crippen LogP contribution in [-0.4, -0.2) is 33.5 Å². The second-order valence-corrected chi connectivity index (χ2v) is 7.67. The summed E-state index contributed by atoms with van der Waals surface area (Å²) in [6.45, 7) is 5.91. The fourth-order valence-electron chi connectivity index (χ4n) is 2.38. The van der Waals surface area contributed by atoms with E-state index >= 15 is 0 Å². The van der Waals surface area contributed by atoms with Crippen LogP contribution in [0.5, 0.6) is 0 Å². The van der Waals surface area contributed by atoms with Gasteiger partial charge in [0.2, 0.25) is 0 Å². The van der Waals surface area contributed by atoms with E-state index in [2.05, 4.69) is 49.9 Å². The van der Waals surface area contributed by atoms with Crippen LogP contribution in [0.15, 0.2) is 33.9 Å². The highest BCUT2D eigenvalue weighted by Crippen LogP contribution is 2.16. The summed E-state index contributed by atoms with van der Waals surface area (Å²) in [5.74, 6) is 1.48. The molecule has 0 bridgehead atoms. The summed E-state index contributed by atoms with van der Waals surface area (Å²) in [6.07, 6.45) is 3.66. The third-order valence-corrected chi connectivity index (χ3v) is 4.63. The number of amides is 1. The van der Waals surface area contributed by atoms with Crippen LogP contribution in [0.4, 0.5) is 0 Å². The average molecular weight is 411 g/mol. The Morgan fingerprint density at radius 2 is 2.17 bits per heavy atom. The van der Waals surface area contributed by atoms with E-state index in [1.54, 1.807) is 11.8 Å². The quantitative estimate of drug-likeness (QED) is 0.531. The molecule has 0 unspecified atom stereocenters. The molecule has 2 rings (SSSR count). The molecular formula is C17H23BrN4OS. The smallest absolute Gasteiger partial charge is 0.251 e. The van der Waals surface area contributed by atoms with Gasteiger partial charge in [0.1, 0.15) is 5.82 Å². The van der Waals surface area contributed by atoms with Crippen LogP contribution in [0.25, 0.3) is 0 Å². The molecule has 1 heterocycles. The molecular weight excluding hydrogens is 388 g/mol. The first-order valence-corrected chi connectivity index (χ1v) is 10.0. The largest absolute Gasteiger partial charge is 0.352 e. The molecule has 0 spiro atoms. The molecule has 0 aliphatic carbocycles. The van der Waals surface area contributed by atoms with Gasteiger partial charge >= 0.3 is 0 Å². The summed E-state index contributed by atoms with van der Waals surface area (Å²) in [7, 11) is 0. The lowest BCUT2D eigenvalue weighted by atomic mass is 10.2. The van der Waals surface area contributed by atoms with Crippen molar-refractivity contribution in [1.82, 2.24) is 20.1 Å². The summed E-state index contributed by atoms with van der Waals surface area (Å²) >= 11 is 5.00. The Morgan fingerprint density at radius 1 is 1.38 bits per heavy atom. The molecule has 0 radical (unpaired) electrons.